The van der Waals surface area contributed by atoms with Gasteiger partial charge in [-0.3, -0.25) is 0 Å². The van der Waals surface area contributed by atoms with Gasteiger partial charge in [0.05, 0.1) is 0 Å². The Hall–Kier alpha value is -0.760. The Morgan fingerprint density at radius 1 is 1.40 bits per heavy atom. The molecule has 0 radical (unpaired) electrons. The van der Waals surface area contributed by atoms with Crippen molar-refractivity contribution in [3.8, 4) is 5.75 Å². The lowest BCUT2D eigenvalue weighted by atomic mass is 10.1. The summed E-state index contributed by atoms with van der Waals surface area (Å²) in [4.78, 5) is 0. The van der Waals surface area contributed by atoms with Gasteiger partial charge < -0.3 is 4.74 Å². The minimum Gasteiger partial charge on any atom is -0.490 e. The molecule has 1 aliphatic rings. The molecule has 1 aromatic rings. The zero-order valence-corrected chi connectivity index (χ0v) is 9.27. The molecule has 2 rings (SSSR count). The van der Waals surface area contributed by atoms with E-state index >= 15 is 0 Å². The molecule has 0 saturated heterocycles. The number of hydrogen-bond acceptors (Lipinski definition) is 1. The Kier molecular flexibility index (Phi) is 3.47. The number of unbranched alkanes of at least 4 members (excludes halogenated alkanes) is 1. The Bertz CT molecular complexity index is 340. The Balaban J connectivity index is 1.91. The van der Waals surface area contributed by atoms with Gasteiger partial charge in [0.15, 0.2) is 0 Å². The van der Waals surface area contributed by atoms with Crippen LogP contribution < -0.4 is 4.74 Å². The van der Waals surface area contributed by atoms with Crippen LogP contribution in [0, 0.1) is 5.82 Å². The van der Waals surface area contributed by atoms with Crippen LogP contribution in [0.15, 0.2) is 18.2 Å². The number of hydrogen-bond donors (Lipinski definition) is 0. The molecule has 1 heterocycles. The lowest BCUT2D eigenvalue weighted by Crippen LogP contribution is -2.12. The summed E-state index contributed by atoms with van der Waals surface area (Å²) in [5, 5.41) is 0. The van der Waals surface area contributed by atoms with Gasteiger partial charge >= 0.3 is 0 Å². The smallest absolute Gasteiger partial charge is 0.123 e. The zero-order chi connectivity index (χ0) is 10.7. The third kappa shape index (κ3) is 2.63. The first-order valence-corrected chi connectivity index (χ1v) is 5.84. The fraction of sp³-hybridized carbons (Fsp3) is 0.500. The van der Waals surface area contributed by atoms with Crippen molar-refractivity contribution >= 4 is 11.6 Å². The summed E-state index contributed by atoms with van der Waals surface area (Å²) >= 11 is 5.61. The number of rotatable bonds is 4. The van der Waals surface area contributed by atoms with Gasteiger partial charge in [-0.25, -0.2) is 4.39 Å². The van der Waals surface area contributed by atoms with E-state index in [9.17, 15) is 4.39 Å². The molecule has 1 aromatic carbocycles. The Labute approximate surface area is 94.2 Å². The summed E-state index contributed by atoms with van der Waals surface area (Å²) in [6.45, 7) is 0. The van der Waals surface area contributed by atoms with Gasteiger partial charge in [-0.15, -0.1) is 11.6 Å². The number of fused-ring (bicyclic) bond motifs is 1. The number of benzene rings is 1. The summed E-state index contributed by atoms with van der Waals surface area (Å²) in [6.07, 6.45) is 4.14. The molecule has 0 saturated carbocycles. The summed E-state index contributed by atoms with van der Waals surface area (Å²) in [6, 6.07) is 4.73. The minimum atomic E-state index is -0.182. The highest BCUT2D eigenvalue weighted by Crippen LogP contribution is 2.31. The summed E-state index contributed by atoms with van der Waals surface area (Å²) in [5.74, 6) is 1.36. The molecule has 0 amide bonds. The maximum absolute atomic E-state index is 12.9. The van der Waals surface area contributed by atoms with Crippen LogP contribution in [-0.2, 0) is 6.42 Å². The predicted molar refractivity (Wildman–Crippen MR) is 59.1 cm³/mol. The van der Waals surface area contributed by atoms with Crippen LogP contribution in [0.2, 0.25) is 0 Å². The highest BCUT2D eigenvalue weighted by Gasteiger charge is 2.22. The molecule has 0 spiro atoms. The first-order valence-electron chi connectivity index (χ1n) is 5.30. The topological polar surface area (TPSA) is 9.23 Å². The standard InChI is InChI=1S/C12H14ClFO/c13-6-2-1-3-11-8-9-7-10(14)4-5-12(9)15-11/h4-5,7,11H,1-3,6,8H2. The van der Waals surface area contributed by atoms with Crippen LogP contribution in [0.3, 0.4) is 0 Å². The monoisotopic (exact) mass is 228 g/mol. The third-order valence-corrected chi connectivity index (χ3v) is 2.94. The summed E-state index contributed by atoms with van der Waals surface area (Å²) < 4.78 is 18.6. The number of halogens is 2. The van der Waals surface area contributed by atoms with Gasteiger partial charge in [0.1, 0.15) is 17.7 Å². The second-order valence-corrected chi connectivity index (χ2v) is 4.26. The van der Waals surface area contributed by atoms with Crippen molar-refractivity contribution in [3.63, 3.8) is 0 Å². The van der Waals surface area contributed by atoms with Crippen LogP contribution in [-0.4, -0.2) is 12.0 Å². The second kappa shape index (κ2) is 4.84. The van der Waals surface area contributed by atoms with E-state index in [-0.39, 0.29) is 11.9 Å². The van der Waals surface area contributed by atoms with E-state index in [1.54, 1.807) is 12.1 Å². The molecular formula is C12H14ClFO. The fourth-order valence-corrected chi connectivity index (χ4v) is 2.11. The van der Waals surface area contributed by atoms with E-state index in [1.165, 1.54) is 6.07 Å². The lowest BCUT2D eigenvalue weighted by Gasteiger charge is -2.09. The first kappa shape index (κ1) is 10.7. The van der Waals surface area contributed by atoms with E-state index in [0.29, 0.717) is 5.88 Å². The quantitative estimate of drug-likeness (QED) is 0.566. The SMILES string of the molecule is Fc1ccc2c(c1)CC(CCCCCl)O2. The number of alkyl halides is 1. The molecule has 1 aliphatic heterocycles. The number of ether oxygens (including phenoxy) is 1. The predicted octanol–water partition coefficient (Wildman–Crippen LogP) is 3.54. The van der Waals surface area contributed by atoms with E-state index < -0.39 is 0 Å². The van der Waals surface area contributed by atoms with Crippen LogP contribution in [0.25, 0.3) is 0 Å². The van der Waals surface area contributed by atoms with Crippen molar-refractivity contribution < 1.29 is 9.13 Å². The normalized spacial score (nSPS) is 18.7. The molecule has 3 heteroatoms. The average Bonchev–Trinajstić information content (AvgIpc) is 2.60. The van der Waals surface area contributed by atoms with Gasteiger partial charge in [-0.1, -0.05) is 0 Å². The summed E-state index contributed by atoms with van der Waals surface area (Å²) in [7, 11) is 0. The van der Waals surface area contributed by atoms with Gasteiger partial charge in [-0.2, -0.15) is 0 Å². The third-order valence-electron chi connectivity index (χ3n) is 2.67. The summed E-state index contributed by atoms with van der Waals surface area (Å²) in [5.41, 5.74) is 0.992. The highest BCUT2D eigenvalue weighted by molar-refractivity contribution is 6.17. The lowest BCUT2D eigenvalue weighted by molar-refractivity contribution is 0.217. The van der Waals surface area contributed by atoms with Crippen LogP contribution in [0.1, 0.15) is 24.8 Å². The molecule has 15 heavy (non-hydrogen) atoms. The van der Waals surface area contributed by atoms with Gasteiger partial charge in [-0.05, 0) is 37.5 Å². The molecule has 1 atom stereocenters. The highest BCUT2D eigenvalue weighted by atomic mass is 35.5. The van der Waals surface area contributed by atoms with Crippen molar-refractivity contribution in [2.45, 2.75) is 31.8 Å². The molecule has 0 N–H and O–H groups in total. The zero-order valence-electron chi connectivity index (χ0n) is 8.51. The van der Waals surface area contributed by atoms with Gasteiger partial charge in [0.25, 0.3) is 0 Å². The van der Waals surface area contributed by atoms with Crippen molar-refractivity contribution in [3.05, 3.63) is 29.6 Å². The second-order valence-electron chi connectivity index (χ2n) is 3.88. The fourth-order valence-electron chi connectivity index (χ4n) is 1.92. The van der Waals surface area contributed by atoms with E-state index in [0.717, 1.165) is 37.0 Å². The molecular weight excluding hydrogens is 215 g/mol. The maximum Gasteiger partial charge on any atom is 0.123 e. The molecule has 1 nitrogen and oxygen atoms in total. The van der Waals surface area contributed by atoms with Crippen molar-refractivity contribution in [1.29, 1.82) is 0 Å². The maximum atomic E-state index is 12.9. The van der Waals surface area contributed by atoms with E-state index in [2.05, 4.69) is 0 Å². The minimum absolute atomic E-state index is 0.182. The Morgan fingerprint density at radius 3 is 3.07 bits per heavy atom. The Morgan fingerprint density at radius 2 is 2.27 bits per heavy atom. The van der Waals surface area contributed by atoms with Crippen molar-refractivity contribution in [1.82, 2.24) is 0 Å². The molecule has 1 unspecified atom stereocenters. The van der Waals surface area contributed by atoms with Crippen LogP contribution in [0.4, 0.5) is 4.39 Å². The molecule has 0 aromatic heterocycles. The molecule has 0 bridgehead atoms. The largest absolute Gasteiger partial charge is 0.490 e. The van der Waals surface area contributed by atoms with Gasteiger partial charge in [0, 0.05) is 17.9 Å². The van der Waals surface area contributed by atoms with E-state index in [4.69, 9.17) is 16.3 Å². The van der Waals surface area contributed by atoms with Gasteiger partial charge in [0.2, 0.25) is 0 Å². The van der Waals surface area contributed by atoms with Crippen LogP contribution in [0.5, 0.6) is 5.75 Å². The van der Waals surface area contributed by atoms with Crippen LogP contribution >= 0.6 is 11.6 Å². The van der Waals surface area contributed by atoms with E-state index in [1.807, 2.05) is 0 Å². The average molecular weight is 229 g/mol. The van der Waals surface area contributed by atoms with Crippen molar-refractivity contribution in [2.75, 3.05) is 5.88 Å². The molecule has 0 fully saturated rings. The first-order chi connectivity index (χ1) is 7.29. The molecule has 0 aliphatic carbocycles. The van der Waals surface area contributed by atoms with Crippen molar-refractivity contribution in [2.24, 2.45) is 0 Å². The molecule has 82 valence electrons.